The van der Waals surface area contributed by atoms with Gasteiger partial charge < -0.3 is 14.7 Å². The van der Waals surface area contributed by atoms with Crippen molar-refractivity contribution in [3.8, 4) is 9.88 Å². The van der Waals surface area contributed by atoms with Gasteiger partial charge in [-0.25, -0.2) is 9.97 Å². The summed E-state index contributed by atoms with van der Waals surface area (Å²) in [6.45, 7) is 4.58. The van der Waals surface area contributed by atoms with Gasteiger partial charge in [-0.3, -0.25) is 9.59 Å². The standard InChI is InChI=1S/C25H27N5O2S2/c31-23(30-13-11-28(12-14-30)21-5-1-2-8-26-21)18-16-25(18)6-9-29(10-7-25)24(32)19-17-34-22(27-19)20-4-3-15-33-20/h1-5,8,15,17-18H,6-7,9-14,16H2/t18-/m0/s1. The first-order valence-corrected chi connectivity index (χ1v) is 13.6. The number of amides is 2. The number of aromatic nitrogens is 2. The fourth-order valence-corrected chi connectivity index (χ4v) is 6.98. The van der Waals surface area contributed by atoms with E-state index in [4.69, 9.17) is 0 Å². The van der Waals surface area contributed by atoms with Crippen LogP contribution in [0.1, 0.15) is 29.8 Å². The van der Waals surface area contributed by atoms with Gasteiger partial charge in [0.05, 0.1) is 4.88 Å². The summed E-state index contributed by atoms with van der Waals surface area (Å²) in [5, 5.41) is 4.80. The second kappa shape index (κ2) is 8.78. The van der Waals surface area contributed by atoms with Crippen LogP contribution in [0.15, 0.2) is 47.3 Å². The highest BCUT2D eigenvalue weighted by Gasteiger charge is 2.59. The molecule has 7 nitrogen and oxygen atoms in total. The van der Waals surface area contributed by atoms with Crippen molar-refractivity contribution in [1.29, 1.82) is 0 Å². The first kappa shape index (κ1) is 21.7. The summed E-state index contributed by atoms with van der Waals surface area (Å²) in [5.41, 5.74) is 0.634. The Balaban J connectivity index is 1.01. The molecule has 176 valence electrons. The Kier molecular flexibility index (Phi) is 5.61. The highest BCUT2D eigenvalue weighted by molar-refractivity contribution is 7.20. The minimum absolute atomic E-state index is 0.0167. The predicted molar refractivity (Wildman–Crippen MR) is 134 cm³/mol. The van der Waals surface area contributed by atoms with Crippen molar-refractivity contribution in [2.75, 3.05) is 44.2 Å². The first-order chi connectivity index (χ1) is 16.6. The zero-order valence-electron chi connectivity index (χ0n) is 18.9. The molecule has 0 unspecified atom stereocenters. The van der Waals surface area contributed by atoms with E-state index in [-0.39, 0.29) is 17.2 Å². The van der Waals surface area contributed by atoms with Gasteiger partial charge in [0.25, 0.3) is 5.91 Å². The Labute approximate surface area is 207 Å². The van der Waals surface area contributed by atoms with Crippen LogP contribution in [0.3, 0.4) is 0 Å². The van der Waals surface area contributed by atoms with Gasteiger partial charge in [-0.15, -0.1) is 22.7 Å². The van der Waals surface area contributed by atoms with E-state index < -0.39 is 0 Å². The molecule has 2 aliphatic heterocycles. The summed E-state index contributed by atoms with van der Waals surface area (Å²) in [6.07, 6.45) is 4.60. The molecule has 1 aliphatic carbocycles. The predicted octanol–water partition coefficient (Wildman–Crippen LogP) is 3.86. The molecule has 9 heteroatoms. The molecule has 3 aromatic rings. The van der Waals surface area contributed by atoms with E-state index in [2.05, 4.69) is 14.9 Å². The lowest BCUT2D eigenvalue weighted by atomic mass is 9.90. The van der Waals surface area contributed by atoms with Crippen LogP contribution in [-0.4, -0.2) is 70.9 Å². The van der Waals surface area contributed by atoms with Crippen molar-refractivity contribution in [2.45, 2.75) is 19.3 Å². The zero-order chi connectivity index (χ0) is 23.1. The van der Waals surface area contributed by atoms with E-state index in [0.717, 1.165) is 61.1 Å². The van der Waals surface area contributed by atoms with Crippen LogP contribution in [0.25, 0.3) is 9.88 Å². The van der Waals surface area contributed by atoms with E-state index in [1.165, 1.54) is 11.3 Å². The second-order valence-corrected chi connectivity index (χ2v) is 11.2. The van der Waals surface area contributed by atoms with Crippen molar-refractivity contribution in [1.82, 2.24) is 19.8 Å². The van der Waals surface area contributed by atoms with Crippen LogP contribution < -0.4 is 4.90 Å². The third-order valence-corrected chi connectivity index (χ3v) is 9.44. The summed E-state index contributed by atoms with van der Waals surface area (Å²) in [4.78, 5) is 42.6. The normalized spacial score (nSPS) is 21.6. The number of hydrogen-bond donors (Lipinski definition) is 0. The largest absolute Gasteiger partial charge is 0.353 e. The SMILES string of the molecule is O=C(c1csc(-c2cccs2)n1)N1CCC2(CC1)C[C@H]2C(=O)N1CCN(c2ccccn2)CC1. The monoisotopic (exact) mass is 493 g/mol. The smallest absolute Gasteiger partial charge is 0.273 e. The lowest BCUT2D eigenvalue weighted by Gasteiger charge is -2.37. The van der Waals surface area contributed by atoms with Crippen molar-refractivity contribution in [2.24, 2.45) is 11.3 Å². The van der Waals surface area contributed by atoms with Crippen LogP contribution in [0.4, 0.5) is 5.82 Å². The number of nitrogens with zero attached hydrogens (tertiary/aromatic N) is 5. The van der Waals surface area contributed by atoms with E-state index in [0.29, 0.717) is 24.7 Å². The molecule has 34 heavy (non-hydrogen) atoms. The Morgan fingerprint density at radius 2 is 1.76 bits per heavy atom. The summed E-state index contributed by atoms with van der Waals surface area (Å²) in [7, 11) is 0. The van der Waals surface area contributed by atoms with Crippen LogP contribution >= 0.6 is 22.7 Å². The molecular formula is C25H27N5O2S2. The molecule has 5 heterocycles. The van der Waals surface area contributed by atoms with Gasteiger partial charge in [0.2, 0.25) is 5.91 Å². The summed E-state index contributed by atoms with van der Waals surface area (Å²) in [6, 6.07) is 9.98. The lowest BCUT2D eigenvalue weighted by molar-refractivity contribution is -0.134. The zero-order valence-corrected chi connectivity index (χ0v) is 20.6. The molecule has 0 bridgehead atoms. The number of carbonyl (C=O) groups is 2. The molecule has 0 N–H and O–H groups in total. The van der Waals surface area contributed by atoms with Gasteiger partial charge in [-0.05, 0) is 48.3 Å². The Bertz CT molecular complexity index is 1160. The molecule has 6 rings (SSSR count). The lowest BCUT2D eigenvalue weighted by Crippen LogP contribution is -2.50. The van der Waals surface area contributed by atoms with E-state index in [1.54, 1.807) is 11.3 Å². The maximum atomic E-state index is 13.2. The summed E-state index contributed by atoms with van der Waals surface area (Å²) < 4.78 is 0. The van der Waals surface area contributed by atoms with Crippen molar-refractivity contribution in [3.05, 3.63) is 53.0 Å². The third-order valence-electron chi connectivity index (χ3n) is 7.55. The average Bonchev–Trinajstić information content (AvgIpc) is 3.28. The maximum absolute atomic E-state index is 13.2. The molecule has 1 atom stereocenters. The molecular weight excluding hydrogens is 466 g/mol. The average molecular weight is 494 g/mol. The topological polar surface area (TPSA) is 69.6 Å². The van der Waals surface area contributed by atoms with Crippen molar-refractivity contribution in [3.63, 3.8) is 0 Å². The molecule has 1 spiro atoms. The number of carbonyl (C=O) groups excluding carboxylic acids is 2. The molecule has 3 aromatic heterocycles. The fraction of sp³-hybridized carbons (Fsp3) is 0.440. The van der Waals surface area contributed by atoms with E-state index in [9.17, 15) is 9.59 Å². The number of hydrogen-bond acceptors (Lipinski definition) is 7. The van der Waals surface area contributed by atoms with Gasteiger partial charge in [0.1, 0.15) is 16.5 Å². The van der Waals surface area contributed by atoms with Gasteiger partial charge in [-0.2, -0.15) is 0 Å². The van der Waals surface area contributed by atoms with Crippen molar-refractivity contribution >= 4 is 40.3 Å². The number of anilines is 1. The van der Waals surface area contributed by atoms with E-state index >= 15 is 0 Å². The molecule has 2 saturated heterocycles. The Morgan fingerprint density at radius 1 is 0.941 bits per heavy atom. The molecule has 3 fully saturated rings. The first-order valence-electron chi connectivity index (χ1n) is 11.9. The van der Waals surface area contributed by atoms with Crippen molar-refractivity contribution < 1.29 is 9.59 Å². The number of piperidine rings is 1. The van der Waals surface area contributed by atoms with Gasteiger partial charge >= 0.3 is 0 Å². The Hall–Kier alpha value is -2.78. The van der Waals surface area contributed by atoms with Gasteiger partial charge in [-0.1, -0.05) is 12.1 Å². The molecule has 1 saturated carbocycles. The maximum Gasteiger partial charge on any atom is 0.273 e. The van der Waals surface area contributed by atoms with Gasteiger partial charge in [0.15, 0.2) is 0 Å². The Morgan fingerprint density at radius 3 is 2.47 bits per heavy atom. The number of thiazole rings is 1. The van der Waals surface area contributed by atoms with Crippen LogP contribution in [-0.2, 0) is 4.79 Å². The minimum Gasteiger partial charge on any atom is -0.353 e. The number of piperazine rings is 1. The number of likely N-dealkylation sites (tertiary alicyclic amines) is 1. The van der Waals surface area contributed by atoms with Crippen LogP contribution in [0, 0.1) is 11.3 Å². The quantitative estimate of drug-likeness (QED) is 0.552. The summed E-state index contributed by atoms with van der Waals surface area (Å²) in [5.74, 6) is 1.43. The number of rotatable bonds is 4. The minimum atomic E-state index is 0.0167. The number of thiophene rings is 1. The fourth-order valence-electron chi connectivity index (χ4n) is 5.37. The van der Waals surface area contributed by atoms with Crippen LogP contribution in [0.5, 0.6) is 0 Å². The van der Waals surface area contributed by atoms with Crippen LogP contribution in [0.2, 0.25) is 0 Å². The molecule has 2 amide bonds. The molecule has 3 aliphatic rings. The third kappa shape index (κ3) is 4.01. The number of pyridine rings is 1. The second-order valence-electron chi connectivity index (χ2n) is 9.43. The summed E-state index contributed by atoms with van der Waals surface area (Å²) >= 11 is 3.16. The highest BCUT2D eigenvalue weighted by Crippen LogP contribution is 2.60. The highest BCUT2D eigenvalue weighted by atomic mass is 32.1. The molecule has 0 radical (unpaired) electrons. The van der Waals surface area contributed by atoms with Gasteiger partial charge in [0, 0.05) is 56.8 Å². The van der Waals surface area contributed by atoms with E-state index in [1.807, 2.05) is 57.1 Å². The molecule has 0 aromatic carbocycles.